The van der Waals surface area contributed by atoms with Crippen LogP contribution in [0.1, 0.15) is 21.7 Å². The van der Waals surface area contributed by atoms with Gasteiger partial charge in [-0.05, 0) is 0 Å². The van der Waals surface area contributed by atoms with Crippen molar-refractivity contribution in [2.24, 2.45) is 0 Å². The minimum atomic E-state index is -0.166. The van der Waals surface area contributed by atoms with Crippen LogP contribution in [0.3, 0.4) is 0 Å². The van der Waals surface area contributed by atoms with Crippen LogP contribution < -0.4 is 5.32 Å². The topological polar surface area (TPSA) is 90.6 Å². The highest BCUT2D eigenvalue weighted by atomic mass is 16.5. The molecule has 0 aromatic carbocycles. The fourth-order valence-electron chi connectivity index (χ4n) is 2.87. The van der Waals surface area contributed by atoms with Gasteiger partial charge in [0.1, 0.15) is 6.54 Å². The normalized spacial score (nSPS) is 18.5. The molecule has 1 aromatic heterocycles. The van der Waals surface area contributed by atoms with E-state index in [-0.39, 0.29) is 18.4 Å². The Hall–Kier alpha value is -1.93. The Morgan fingerprint density at radius 1 is 1.41 bits per heavy atom. The van der Waals surface area contributed by atoms with E-state index in [1.54, 1.807) is 16.9 Å². The zero-order valence-electron chi connectivity index (χ0n) is 12.7. The molecule has 2 N–H and O–H groups in total. The molecule has 2 aliphatic heterocycles. The first-order valence-corrected chi connectivity index (χ1v) is 7.53. The van der Waals surface area contributed by atoms with Crippen molar-refractivity contribution < 1.29 is 14.3 Å². The number of hydrogen-bond donors (Lipinski definition) is 2. The van der Waals surface area contributed by atoms with Crippen molar-refractivity contribution >= 4 is 11.8 Å². The highest BCUT2D eigenvalue weighted by molar-refractivity contribution is 5.96. The van der Waals surface area contributed by atoms with E-state index in [0.29, 0.717) is 38.5 Å². The quantitative estimate of drug-likeness (QED) is 0.743. The van der Waals surface area contributed by atoms with Gasteiger partial charge in [-0.25, -0.2) is 0 Å². The Bertz CT molecular complexity index is 571. The number of nitrogens with one attached hydrogen (secondary N) is 2. The van der Waals surface area contributed by atoms with Gasteiger partial charge in [-0.15, -0.1) is 0 Å². The molecule has 0 saturated carbocycles. The lowest BCUT2D eigenvalue weighted by Gasteiger charge is -2.34. The monoisotopic (exact) mass is 307 g/mol. The fraction of sp³-hybridized carbons (Fsp3) is 0.643. The first kappa shape index (κ1) is 15.0. The number of nitrogens with zero attached hydrogens (tertiary/aromatic N) is 3. The van der Waals surface area contributed by atoms with Gasteiger partial charge >= 0.3 is 0 Å². The summed E-state index contributed by atoms with van der Waals surface area (Å²) in [5.74, 6) is -0.208. The lowest BCUT2D eigenvalue weighted by molar-refractivity contribution is -0.135. The van der Waals surface area contributed by atoms with Crippen LogP contribution in [0, 0.1) is 0 Å². The molecule has 1 fully saturated rings. The third kappa shape index (κ3) is 2.84. The minimum absolute atomic E-state index is 0.0424. The van der Waals surface area contributed by atoms with E-state index >= 15 is 0 Å². The Kier molecular flexibility index (Phi) is 4.39. The molecular weight excluding hydrogens is 286 g/mol. The molecule has 0 aliphatic carbocycles. The number of carbonyl (C=O) groups excluding carboxylic acids is 2. The van der Waals surface area contributed by atoms with Crippen molar-refractivity contribution in [3.05, 3.63) is 17.0 Å². The van der Waals surface area contributed by atoms with Crippen molar-refractivity contribution in [2.45, 2.75) is 13.0 Å². The van der Waals surface area contributed by atoms with E-state index in [4.69, 9.17) is 4.74 Å². The average Bonchev–Trinajstić information content (AvgIpc) is 2.97. The minimum Gasteiger partial charge on any atom is -0.383 e. The van der Waals surface area contributed by atoms with Crippen molar-refractivity contribution in [1.29, 1.82) is 0 Å². The van der Waals surface area contributed by atoms with Crippen LogP contribution in [0.4, 0.5) is 0 Å². The summed E-state index contributed by atoms with van der Waals surface area (Å²) < 4.78 is 4.99. The number of ether oxygens (including phenoxy) is 1. The summed E-state index contributed by atoms with van der Waals surface area (Å²) in [4.78, 5) is 28.0. The number of piperazine rings is 1. The second-order valence-electron chi connectivity index (χ2n) is 5.56. The molecular formula is C14H21N5O3. The Morgan fingerprint density at radius 2 is 2.27 bits per heavy atom. The number of aromatic amines is 1. The molecule has 0 bridgehead atoms. The van der Waals surface area contributed by atoms with E-state index in [9.17, 15) is 9.59 Å². The number of H-pyrrole nitrogens is 1. The number of fused-ring (bicyclic) bond motifs is 1. The van der Waals surface area contributed by atoms with Gasteiger partial charge in [-0.1, -0.05) is 0 Å². The lowest BCUT2D eigenvalue weighted by Crippen LogP contribution is -2.53. The molecule has 2 aliphatic rings. The summed E-state index contributed by atoms with van der Waals surface area (Å²) in [5, 5.41) is 10.4. The molecule has 2 amide bonds. The number of aromatic nitrogens is 2. The average molecular weight is 307 g/mol. The predicted octanol–water partition coefficient (Wildman–Crippen LogP) is -1.01. The molecule has 120 valence electrons. The smallest absolute Gasteiger partial charge is 0.275 e. The van der Waals surface area contributed by atoms with Crippen molar-refractivity contribution in [1.82, 2.24) is 25.3 Å². The number of methoxy groups -OCH3 is 1. The molecule has 1 aromatic rings. The van der Waals surface area contributed by atoms with E-state index in [1.165, 1.54) is 0 Å². The molecule has 0 radical (unpaired) electrons. The van der Waals surface area contributed by atoms with Crippen LogP contribution in [0.2, 0.25) is 0 Å². The van der Waals surface area contributed by atoms with Gasteiger partial charge in [0, 0.05) is 57.5 Å². The van der Waals surface area contributed by atoms with E-state index < -0.39 is 0 Å². The largest absolute Gasteiger partial charge is 0.383 e. The SMILES string of the molecule is COCCN1CCN(C(=O)c2n[nH]c3c2CNCC3)CC1=O. The summed E-state index contributed by atoms with van der Waals surface area (Å²) in [7, 11) is 1.61. The van der Waals surface area contributed by atoms with E-state index in [1.807, 2.05) is 0 Å². The molecule has 0 spiro atoms. The molecule has 3 heterocycles. The zero-order chi connectivity index (χ0) is 15.5. The van der Waals surface area contributed by atoms with Crippen LogP contribution in [0.25, 0.3) is 0 Å². The number of carbonyl (C=O) groups is 2. The summed E-state index contributed by atoms with van der Waals surface area (Å²) >= 11 is 0. The second-order valence-corrected chi connectivity index (χ2v) is 5.56. The van der Waals surface area contributed by atoms with Gasteiger partial charge in [0.25, 0.3) is 5.91 Å². The highest BCUT2D eigenvalue weighted by Gasteiger charge is 2.31. The maximum Gasteiger partial charge on any atom is 0.275 e. The number of amides is 2. The summed E-state index contributed by atoms with van der Waals surface area (Å²) in [5.41, 5.74) is 2.40. The maximum absolute atomic E-state index is 12.6. The van der Waals surface area contributed by atoms with Gasteiger partial charge in [-0.3, -0.25) is 14.7 Å². The summed E-state index contributed by atoms with van der Waals surface area (Å²) in [6.07, 6.45) is 0.847. The highest BCUT2D eigenvalue weighted by Crippen LogP contribution is 2.18. The van der Waals surface area contributed by atoms with Crippen LogP contribution in [-0.4, -0.2) is 78.3 Å². The zero-order valence-corrected chi connectivity index (χ0v) is 12.7. The van der Waals surface area contributed by atoms with Gasteiger partial charge in [0.2, 0.25) is 5.91 Å². The predicted molar refractivity (Wildman–Crippen MR) is 78.4 cm³/mol. The Morgan fingerprint density at radius 3 is 3.05 bits per heavy atom. The molecule has 1 saturated heterocycles. The maximum atomic E-state index is 12.6. The van der Waals surface area contributed by atoms with Crippen molar-refractivity contribution in [3.8, 4) is 0 Å². The van der Waals surface area contributed by atoms with Crippen LogP contribution in [0.5, 0.6) is 0 Å². The fourth-order valence-corrected chi connectivity index (χ4v) is 2.87. The Balaban J connectivity index is 1.67. The molecule has 3 rings (SSSR count). The molecule has 8 heteroatoms. The van der Waals surface area contributed by atoms with Crippen molar-refractivity contribution in [3.63, 3.8) is 0 Å². The van der Waals surface area contributed by atoms with Gasteiger partial charge in [-0.2, -0.15) is 5.10 Å². The van der Waals surface area contributed by atoms with E-state index in [0.717, 1.165) is 24.2 Å². The van der Waals surface area contributed by atoms with Crippen LogP contribution in [-0.2, 0) is 22.5 Å². The molecule has 8 nitrogen and oxygen atoms in total. The lowest BCUT2D eigenvalue weighted by atomic mass is 10.1. The second kappa shape index (κ2) is 6.45. The molecule has 0 unspecified atom stereocenters. The van der Waals surface area contributed by atoms with Gasteiger partial charge < -0.3 is 19.9 Å². The summed E-state index contributed by atoms with van der Waals surface area (Å²) in [6.45, 7) is 3.80. The van der Waals surface area contributed by atoms with Gasteiger partial charge in [0.15, 0.2) is 5.69 Å². The van der Waals surface area contributed by atoms with E-state index in [2.05, 4.69) is 15.5 Å². The standard InChI is InChI=1S/C14H21N5O3/c1-22-7-6-18-4-5-19(9-12(18)20)14(21)13-10-8-15-3-2-11(10)16-17-13/h15H,2-9H2,1H3,(H,16,17). The third-order valence-corrected chi connectivity index (χ3v) is 4.18. The summed E-state index contributed by atoms with van der Waals surface area (Å²) in [6, 6.07) is 0. The number of rotatable bonds is 4. The van der Waals surface area contributed by atoms with Crippen molar-refractivity contribution in [2.75, 3.05) is 46.4 Å². The molecule has 22 heavy (non-hydrogen) atoms. The third-order valence-electron chi connectivity index (χ3n) is 4.18. The Labute approximate surface area is 128 Å². The first-order chi connectivity index (χ1) is 10.7. The van der Waals surface area contributed by atoms with Crippen LogP contribution >= 0.6 is 0 Å². The number of hydrogen-bond acceptors (Lipinski definition) is 5. The van der Waals surface area contributed by atoms with Gasteiger partial charge in [0.05, 0.1) is 6.61 Å². The first-order valence-electron chi connectivity index (χ1n) is 7.53. The van der Waals surface area contributed by atoms with Crippen LogP contribution in [0.15, 0.2) is 0 Å². The molecule has 0 atom stereocenters.